The largest absolute Gasteiger partial charge is 0.480 e. The highest BCUT2D eigenvalue weighted by Gasteiger charge is 2.28. The van der Waals surface area contributed by atoms with Crippen molar-refractivity contribution < 1.29 is 19.5 Å². The Bertz CT molecular complexity index is 522. The third-order valence-electron chi connectivity index (χ3n) is 3.23. The summed E-state index contributed by atoms with van der Waals surface area (Å²) < 4.78 is 0. The van der Waals surface area contributed by atoms with E-state index in [0.717, 1.165) is 5.56 Å². The average Bonchev–Trinajstić information content (AvgIpc) is 2.48. The Morgan fingerprint density at radius 3 is 2.62 bits per heavy atom. The van der Waals surface area contributed by atoms with Crippen molar-refractivity contribution in [1.82, 2.24) is 16.0 Å². The summed E-state index contributed by atoms with van der Waals surface area (Å²) in [6.45, 7) is 0.205. The molecule has 2 rings (SSSR count). The van der Waals surface area contributed by atoms with Crippen LogP contribution in [-0.2, 0) is 20.8 Å². The second kappa shape index (κ2) is 6.85. The van der Waals surface area contributed by atoms with Gasteiger partial charge < -0.3 is 15.7 Å². The van der Waals surface area contributed by atoms with Crippen molar-refractivity contribution in [3.05, 3.63) is 35.9 Å². The molecule has 2 atom stereocenters. The van der Waals surface area contributed by atoms with Gasteiger partial charge in [-0.25, -0.2) is 4.79 Å². The Labute approximate surface area is 121 Å². The van der Waals surface area contributed by atoms with Crippen molar-refractivity contribution in [3.8, 4) is 0 Å². The van der Waals surface area contributed by atoms with Gasteiger partial charge in [-0.2, -0.15) is 0 Å². The highest BCUT2D eigenvalue weighted by molar-refractivity contribution is 5.89. The lowest BCUT2D eigenvalue weighted by molar-refractivity contribution is -0.142. The molecule has 0 bridgehead atoms. The molecule has 1 heterocycles. The normalized spacial score (nSPS) is 19.4. The molecule has 21 heavy (non-hydrogen) atoms. The number of nitrogens with one attached hydrogen (secondary N) is 3. The molecular weight excluding hydrogens is 274 g/mol. The molecule has 0 aromatic heterocycles. The second-order valence-corrected chi connectivity index (χ2v) is 4.83. The van der Waals surface area contributed by atoms with Crippen molar-refractivity contribution in [2.75, 3.05) is 13.1 Å². The van der Waals surface area contributed by atoms with Crippen LogP contribution in [0.15, 0.2) is 30.3 Å². The summed E-state index contributed by atoms with van der Waals surface area (Å²) in [5, 5.41) is 17.0. The highest BCUT2D eigenvalue weighted by atomic mass is 16.4. The zero-order valence-electron chi connectivity index (χ0n) is 11.3. The molecule has 0 spiro atoms. The summed E-state index contributed by atoms with van der Waals surface area (Å²) in [5.74, 6) is -1.71. The lowest BCUT2D eigenvalue weighted by Gasteiger charge is -2.25. The molecule has 2 amide bonds. The maximum absolute atomic E-state index is 12.0. The molecule has 1 aromatic carbocycles. The highest BCUT2D eigenvalue weighted by Crippen LogP contribution is 2.04. The van der Waals surface area contributed by atoms with Gasteiger partial charge in [0.05, 0.1) is 6.54 Å². The second-order valence-electron chi connectivity index (χ2n) is 4.83. The fourth-order valence-corrected chi connectivity index (χ4v) is 2.07. The molecule has 1 saturated heterocycles. The van der Waals surface area contributed by atoms with Gasteiger partial charge in [-0.05, 0) is 5.56 Å². The summed E-state index contributed by atoms with van der Waals surface area (Å²) in [5.41, 5.74) is 0.829. The van der Waals surface area contributed by atoms with Gasteiger partial charge in [0, 0.05) is 13.0 Å². The van der Waals surface area contributed by atoms with Gasteiger partial charge in [0.1, 0.15) is 12.1 Å². The fourth-order valence-electron chi connectivity index (χ4n) is 2.07. The van der Waals surface area contributed by atoms with Crippen LogP contribution < -0.4 is 16.0 Å². The zero-order valence-corrected chi connectivity index (χ0v) is 11.3. The minimum atomic E-state index is -1.09. The lowest BCUT2D eigenvalue weighted by atomic mass is 10.1. The van der Waals surface area contributed by atoms with E-state index < -0.39 is 24.0 Å². The van der Waals surface area contributed by atoms with Crippen LogP contribution in [0.1, 0.15) is 5.56 Å². The van der Waals surface area contributed by atoms with Crippen LogP contribution in [0.3, 0.4) is 0 Å². The molecule has 7 heteroatoms. The van der Waals surface area contributed by atoms with Crippen LogP contribution in [0.5, 0.6) is 0 Å². The SMILES string of the molecule is O=C1CNC(C(=O)N[C@@H](Cc2ccccc2)C(=O)O)CN1. The van der Waals surface area contributed by atoms with E-state index >= 15 is 0 Å². The predicted octanol–water partition coefficient (Wildman–Crippen LogP) is -1.11. The Balaban J connectivity index is 1.95. The van der Waals surface area contributed by atoms with Crippen LogP contribution >= 0.6 is 0 Å². The molecular formula is C14H17N3O4. The van der Waals surface area contributed by atoms with Crippen molar-refractivity contribution in [1.29, 1.82) is 0 Å². The molecule has 0 radical (unpaired) electrons. The average molecular weight is 291 g/mol. The molecule has 1 aliphatic rings. The zero-order chi connectivity index (χ0) is 15.2. The smallest absolute Gasteiger partial charge is 0.326 e. The number of rotatable bonds is 5. The van der Waals surface area contributed by atoms with E-state index in [0.29, 0.717) is 0 Å². The van der Waals surface area contributed by atoms with Gasteiger partial charge >= 0.3 is 5.97 Å². The molecule has 1 aromatic rings. The van der Waals surface area contributed by atoms with Crippen molar-refractivity contribution in [3.63, 3.8) is 0 Å². The van der Waals surface area contributed by atoms with Gasteiger partial charge in [0.15, 0.2) is 0 Å². The van der Waals surface area contributed by atoms with E-state index in [1.54, 1.807) is 12.1 Å². The fraction of sp³-hybridized carbons (Fsp3) is 0.357. The summed E-state index contributed by atoms with van der Waals surface area (Å²) >= 11 is 0. The number of benzene rings is 1. The molecule has 0 saturated carbocycles. The molecule has 112 valence electrons. The van der Waals surface area contributed by atoms with Crippen molar-refractivity contribution >= 4 is 17.8 Å². The number of carbonyl (C=O) groups is 3. The summed E-state index contributed by atoms with van der Waals surface area (Å²) in [4.78, 5) is 34.3. The molecule has 1 unspecified atom stereocenters. The first kappa shape index (κ1) is 15.0. The van der Waals surface area contributed by atoms with Gasteiger partial charge in [-0.15, -0.1) is 0 Å². The molecule has 4 N–H and O–H groups in total. The van der Waals surface area contributed by atoms with E-state index in [9.17, 15) is 19.5 Å². The first-order valence-corrected chi connectivity index (χ1v) is 6.63. The number of hydrogen-bond acceptors (Lipinski definition) is 4. The summed E-state index contributed by atoms with van der Waals surface area (Å²) in [7, 11) is 0. The van der Waals surface area contributed by atoms with Crippen LogP contribution in [-0.4, -0.2) is 48.1 Å². The molecule has 1 aliphatic heterocycles. The predicted molar refractivity (Wildman–Crippen MR) is 74.5 cm³/mol. The third-order valence-corrected chi connectivity index (χ3v) is 3.23. The minimum absolute atomic E-state index is 0.0501. The van der Waals surface area contributed by atoms with Gasteiger partial charge in [0.25, 0.3) is 0 Å². The number of carbonyl (C=O) groups excluding carboxylic acids is 2. The number of aliphatic carboxylic acids is 1. The minimum Gasteiger partial charge on any atom is -0.480 e. The number of hydrogen-bond donors (Lipinski definition) is 4. The maximum atomic E-state index is 12.0. The van der Waals surface area contributed by atoms with Crippen LogP contribution in [0.2, 0.25) is 0 Å². The van der Waals surface area contributed by atoms with E-state index in [1.807, 2.05) is 18.2 Å². The lowest BCUT2D eigenvalue weighted by Crippen LogP contribution is -2.60. The number of carboxylic acids is 1. The third kappa shape index (κ3) is 4.28. The maximum Gasteiger partial charge on any atom is 0.326 e. The van der Waals surface area contributed by atoms with Gasteiger partial charge in [0.2, 0.25) is 11.8 Å². The molecule has 7 nitrogen and oxygen atoms in total. The van der Waals surface area contributed by atoms with E-state index in [4.69, 9.17) is 0 Å². The Morgan fingerprint density at radius 2 is 2.05 bits per heavy atom. The van der Waals surface area contributed by atoms with Crippen LogP contribution in [0, 0.1) is 0 Å². The van der Waals surface area contributed by atoms with E-state index in [2.05, 4.69) is 16.0 Å². The monoisotopic (exact) mass is 291 g/mol. The molecule has 0 aliphatic carbocycles. The number of carboxylic acid groups (broad SMARTS) is 1. The topological polar surface area (TPSA) is 108 Å². The van der Waals surface area contributed by atoms with E-state index in [-0.39, 0.29) is 25.4 Å². The van der Waals surface area contributed by atoms with Crippen LogP contribution in [0.25, 0.3) is 0 Å². The quantitative estimate of drug-likeness (QED) is 0.550. The Kier molecular flexibility index (Phi) is 4.89. The first-order valence-electron chi connectivity index (χ1n) is 6.63. The summed E-state index contributed by atoms with van der Waals surface area (Å²) in [6.07, 6.45) is 0.209. The Morgan fingerprint density at radius 1 is 1.33 bits per heavy atom. The summed E-state index contributed by atoms with van der Waals surface area (Å²) in [6, 6.07) is 7.47. The van der Waals surface area contributed by atoms with Crippen LogP contribution in [0.4, 0.5) is 0 Å². The Hall–Kier alpha value is -2.41. The van der Waals surface area contributed by atoms with Crippen molar-refractivity contribution in [2.24, 2.45) is 0 Å². The first-order chi connectivity index (χ1) is 10.1. The van der Waals surface area contributed by atoms with Gasteiger partial charge in [-0.1, -0.05) is 30.3 Å². The van der Waals surface area contributed by atoms with E-state index in [1.165, 1.54) is 0 Å². The molecule has 1 fully saturated rings. The van der Waals surface area contributed by atoms with Gasteiger partial charge in [-0.3, -0.25) is 14.9 Å². The standard InChI is InChI=1S/C14H17N3O4/c18-12-8-15-11(7-16-12)13(19)17-10(14(20)21)6-9-4-2-1-3-5-9/h1-5,10-11,15H,6-8H2,(H,16,18)(H,17,19)(H,20,21)/t10-,11?/m0/s1. The number of piperazine rings is 1. The number of amides is 2. The van der Waals surface area contributed by atoms with Crippen molar-refractivity contribution in [2.45, 2.75) is 18.5 Å².